The van der Waals surface area contributed by atoms with Crippen molar-refractivity contribution in [1.29, 1.82) is 0 Å². The second-order valence-electron chi connectivity index (χ2n) is 13.9. The van der Waals surface area contributed by atoms with Crippen molar-refractivity contribution in [2.24, 2.45) is 5.92 Å². The molecular weight excluding hydrogens is 636 g/mol. The van der Waals surface area contributed by atoms with Crippen molar-refractivity contribution < 1.29 is 28.7 Å². The molecule has 50 heavy (non-hydrogen) atoms. The van der Waals surface area contributed by atoms with Crippen molar-refractivity contribution in [2.45, 2.75) is 76.9 Å². The van der Waals surface area contributed by atoms with Gasteiger partial charge in [-0.3, -0.25) is 24.0 Å². The number of para-hydroxylation sites is 1. The van der Waals surface area contributed by atoms with Crippen LogP contribution in [0.5, 0.6) is 5.75 Å². The predicted octanol–water partition coefficient (Wildman–Crippen LogP) is 2.62. The van der Waals surface area contributed by atoms with E-state index in [1.807, 2.05) is 51.2 Å². The van der Waals surface area contributed by atoms with E-state index in [2.05, 4.69) is 20.9 Å². The maximum absolute atomic E-state index is 13.9. The minimum atomic E-state index is -1.18. The molecule has 2 aliphatic rings. The standard InChI is InChI=1S/C38H54N6O6/c1-27(2)24-31-37(48)43(4)18-12-5-6-13-23-50-33-17-11-10-16-29(33)35(46)40-32(38(49)44-21-19-42(3)20-22-44)26-34(45)39-30(36(47)41-31)25-28-14-8-7-9-15-28/h7-11,14-17,27,30-32H,5-6,12-13,18-26H2,1-4H3,(H,39,45)(H,40,46)(H,41,47)/t30-,31-,32-/m0/s1. The van der Waals surface area contributed by atoms with Gasteiger partial charge < -0.3 is 35.4 Å². The van der Waals surface area contributed by atoms with Crippen LogP contribution in [0.2, 0.25) is 0 Å². The first-order chi connectivity index (χ1) is 24.0. The Kier molecular flexibility index (Phi) is 14.6. The monoisotopic (exact) mass is 690 g/mol. The number of rotatable bonds is 5. The topological polar surface area (TPSA) is 140 Å². The number of likely N-dealkylation sites (N-methyl/N-ethyl adjacent to an activating group) is 2. The molecule has 3 N–H and O–H groups in total. The van der Waals surface area contributed by atoms with E-state index in [-0.39, 0.29) is 36.1 Å². The summed E-state index contributed by atoms with van der Waals surface area (Å²) >= 11 is 0. The number of piperazine rings is 1. The summed E-state index contributed by atoms with van der Waals surface area (Å²) in [6, 6.07) is 13.2. The number of hydrogen-bond acceptors (Lipinski definition) is 7. The highest BCUT2D eigenvalue weighted by atomic mass is 16.5. The van der Waals surface area contributed by atoms with E-state index in [9.17, 15) is 24.0 Å². The molecule has 12 nitrogen and oxygen atoms in total. The zero-order chi connectivity index (χ0) is 36.0. The lowest BCUT2D eigenvalue weighted by atomic mass is 10.00. The van der Waals surface area contributed by atoms with Gasteiger partial charge in [-0.25, -0.2) is 0 Å². The smallest absolute Gasteiger partial charge is 0.255 e. The van der Waals surface area contributed by atoms with Gasteiger partial charge in [0.1, 0.15) is 23.9 Å². The van der Waals surface area contributed by atoms with Crippen molar-refractivity contribution in [1.82, 2.24) is 30.7 Å². The van der Waals surface area contributed by atoms with Crippen LogP contribution in [0.1, 0.15) is 68.3 Å². The zero-order valence-electron chi connectivity index (χ0n) is 30.0. The van der Waals surface area contributed by atoms with Crippen molar-refractivity contribution in [3.05, 3.63) is 65.7 Å². The second-order valence-corrected chi connectivity index (χ2v) is 13.9. The van der Waals surface area contributed by atoms with Gasteiger partial charge in [0.05, 0.1) is 18.6 Å². The maximum Gasteiger partial charge on any atom is 0.255 e. The molecule has 0 radical (unpaired) electrons. The van der Waals surface area contributed by atoms with Crippen molar-refractivity contribution in [3.8, 4) is 5.75 Å². The van der Waals surface area contributed by atoms with Crippen LogP contribution in [-0.2, 0) is 25.6 Å². The summed E-state index contributed by atoms with van der Waals surface area (Å²) in [4.78, 5) is 74.4. The molecule has 2 heterocycles. The van der Waals surface area contributed by atoms with Crippen molar-refractivity contribution in [2.75, 3.05) is 53.4 Å². The Morgan fingerprint density at radius 2 is 1.48 bits per heavy atom. The number of hydrogen-bond donors (Lipinski definition) is 3. The van der Waals surface area contributed by atoms with Gasteiger partial charge in [-0.2, -0.15) is 0 Å². The number of amides is 5. The van der Waals surface area contributed by atoms with Crippen LogP contribution in [0.15, 0.2) is 54.6 Å². The zero-order valence-corrected chi connectivity index (χ0v) is 30.0. The lowest BCUT2D eigenvalue weighted by Gasteiger charge is -2.34. The van der Waals surface area contributed by atoms with E-state index in [0.29, 0.717) is 51.5 Å². The Bertz CT molecular complexity index is 1440. The molecule has 0 unspecified atom stereocenters. The highest BCUT2D eigenvalue weighted by molar-refractivity contribution is 6.01. The molecule has 0 saturated carbocycles. The molecule has 0 bridgehead atoms. The van der Waals surface area contributed by atoms with Crippen LogP contribution in [-0.4, -0.2) is 116 Å². The molecule has 0 spiro atoms. The quantitative estimate of drug-likeness (QED) is 0.439. The van der Waals surface area contributed by atoms with Gasteiger partial charge in [-0.1, -0.05) is 69.2 Å². The van der Waals surface area contributed by atoms with E-state index in [0.717, 1.165) is 31.2 Å². The van der Waals surface area contributed by atoms with Gasteiger partial charge in [0.15, 0.2) is 0 Å². The highest BCUT2D eigenvalue weighted by Crippen LogP contribution is 2.20. The fraction of sp³-hybridized carbons (Fsp3) is 0.553. The Labute approximate surface area is 296 Å². The minimum Gasteiger partial charge on any atom is -0.493 e. The van der Waals surface area contributed by atoms with Crippen molar-refractivity contribution >= 4 is 29.5 Å². The molecule has 2 aliphatic heterocycles. The lowest BCUT2D eigenvalue weighted by molar-refractivity contribution is -0.138. The van der Waals surface area contributed by atoms with Crippen LogP contribution in [0, 0.1) is 5.92 Å². The molecule has 0 aliphatic carbocycles. The van der Waals surface area contributed by atoms with Crippen LogP contribution < -0.4 is 20.7 Å². The largest absolute Gasteiger partial charge is 0.493 e. The van der Waals surface area contributed by atoms with Gasteiger partial charge >= 0.3 is 0 Å². The number of carbonyl (C=O) groups excluding carboxylic acids is 5. The number of fused-ring (bicyclic) bond motifs is 1. The predicted molar refractivity (Wildman–Crippen MR) is 191 cm³/mol. The highest BCUT2D eigenvalue weighted by Gasteiger charge is 2.33. The Balaban J connectivity index is 1.65. The number of carbonyl (C=O) groups is 5. The minimum absolute atomic E-state index is 0.128. The number of nitrogens with one attached hydrogen (secondary N) is 3. The first-order valence-corrected chi connectivity index (χ1v) is 17.9. The van der Waals surface area contributed by atoms with Gasteiger partial charge in [0.25, 0.3) is 5.91 Å². The molecule has 272 valence electrons. The average molecular weight is 691 g/mol. The van der Waals surface area contributed by atoms with Gasteiger partial charge in [-0.05, 0) is 49.9 Å². The summed E-state index contributed by atoms with van der Waals surface area (Å²) in [6.45, 7) is 7.18. The summed E-state index contributed by atoms with van der Waals surface area (Å²) in [7, 11) is 3.73. The average Bonchev–Trinajstić information content (AvgIpc) is 3.10. The fourth-order valence-corrected chi connectivity index (χ4v) is 6.29. The summed E-state index contributed by atoms with van der Waals surface area (Å²) in [5.74, 6) is -1.61. The number of ether oxygens (including phenoxy) is 1. The number of nitrogens with zero attached hydrogens (tertiary/aromatic N) is 3. The summed E-state index contributed by atoms with van der Waals surface area (Å²) in [5, 5.41) is 8.61. The summed E-state index contributed by atoms with van der Waals surface area (Å²) in [5.41, 5.74) is 1.09. The summed E-state index contributed by atoms with van der Waals surface area (Å²) in [6.07, 6.45) is 3.53. The van der Waals surface area contributed by atoms with E-state index >= 15 is 0 Å². The SMILES string of the molecule is CC(C)C[C@@H]1NC(=O)[C@H](Cc2ccccc2)NC(=O)C[C@@H](C(=O)N2CCN(C)CC2)NC(=O)c2ccccc2OCCCCCCN(C)C1=O. The van der Waals surface area contributed by atoms with E-state index in [4.69, 9.17) is 4.74 Å². The molecular formula is C38H54N6O6. The van der Waals surface area contributed by atoms with Gasteiger partial charge in [0, 0.05) is 46.2 Å². The van der Waals surface area contributed by atoms with Crippen LogP contribution in [0.3, 0.4) is 0 Å². The Morgan fingerprint density at radius 1 is 0.800 bits per heavy atom. The molecule has 2 aromatic rings. The lowest BCUT2D eigenvalue weighted by Crippen LogP contribution is -2.57. The molecule has 5 amide bonds. The third kappa shape index (κ3) is 11.6. The molecule has 12 heteroatoms. The van der Waals surface area contributed by atoms with E-state index in [1.165, 1.54) is 0 Å². The molecule has 4 rings (SSSR count). The van der Waals surface area contributed by atoms with Crippen LogP contribution in [0.25, 0.3) is 0 Å². The van der Waals surface area contributed by atoms with Gasteiger partial charge in [-0.15, -0.1) is 0 Å². The Hall–Kier alpha value is -4.45. The normalized spacial score (nSPS) is 22.8. The molecule has 1 saturated heterocycles. The molecule has 0 aromatic heterocycles. The first-order valence-electron chi connectivity index (χ1n) is 17.9. The summed E-state index contributed by atoms with van der Waals surface area (Å²) < 4.78 is 6.02. The second kappa shape index (κ2) is 19.1. The first kappa shape index (κ1) is 38.4. The van der Waals surface area contributed by atoms with Gasteiger partial charge in [0.2, 0.25) is 23.6 Å². The van der Waals surface area contributed by atoms with E-state index < -0.39 is 35.8 Å². The fourth-order valence-electron chi connectivity index (χ4n) is 6.29. The van der Waals surface area contributed by atoms with Crippen molar-refractivity contribution in [3.63, 3.8) is 0 Å². The maximum atomic E-state index is 13.9. The Morgan fingerprint density at radius 3 is 2.20 bits per heavy atom. The van der Waals surface area contributed by atoms with Crippen LogP contribution >= 0.6 is 0 Å². The molecule has 1 fully saturated rings. The molecule has 2 aromatic carbocycles. The third-order valence-electron chi connectivity index (χ3n) is 9.22. The number of benzene rings is 2. The molecule has 3 atom stereocenters. The third-order valence-corrected chi connectivity index (χ3v) is 9.22. The van der Waals surface area contributed by atoms with Crippen LogP contribution in [0.4, 0.5) is 0 Å². The van der Waals surface area contributed by atoms with E-state index in [1.54, 1.807) is 41.1 Å².